The van der Waals surface area contributed by atoms with Gasteiger partial charge in [-0.15, -0.1) is 0 Å². The molecule has 0 aliphatic rings. The number of benzene rings is 2. The number of aromatic nitrogens is 2. The topological polar surface area (TPSA) is 76.1 Å². The van der Waals surface area contributed by atoms with E-state index in [0.717, 1.165) is 11.4 Å². The van der Waals surface area contributed by atoms with Crippen LogP contribution in [0.15, 0.2) is 60.9 Å². The lowest BCUT2D eigenvalue weighted by molar-refractivity contribution is 0.102. The van der Waals surface area contributed by atoms with Crippen molar-refractivity contribution in [3.8, 4) is 5.75 Å². The predicted octanol–water partition coefficient (Wildman–Crippen LogP) is 3.62. The summed E-state index contributed by atoms with van der Waals surface area (Å²) in [6.45, 7) is 0. The Morgan fingerprint density at radius 3 is 2.56 bits per heavy atom. The second-order valence-electron chi connectivity index (χ2n) is 5.11. The summed E-state index contributed by atoms with van der Waals surface area (Å²) in [7, 11) is 1.59. The Balaban J connectivity index is 1.72. The minimum Gasteiger partial charge on any atom is -0.497 e. The summed E-state index contributed by atoms with van der Waals surface area (Å²) in [6, 6.07) is 14.4. The number of halogens is 1. The van der Waals surface area contributed by atoms with Crippen LogP contribution in [0.3, 0.4) is 0 Å². The molecule has 1 heterocycles. The number of carbonyl (C=O) groups is 1. The van der Waals surface area contributed by atoms with Gasteiger partial charge in [-0.2, -0.15) is 0 Å². The van der Waals surface area contributed by atoms with Crippen LogP contribution in [0.25, 0.3) is 0 Å². The van der Waals surface area contributed by atoms with Gasteiger partial charge in [0, 0.05) is 17.4 Å². The average Bonchev–Trinajstić information content (AvgIpc) is 2.62. The van der Waals surface area contributed by atoms with E-state index in [1.54, 1.807) is 25.3 Å². The quantitative estimate of drug-likeness (QED) is 0.743. The Labute approximate surface area is 143 Å². The lowest BCUT2D eigenvalue weighted by atomic mass is 10.3. The third-order valence-electron chi connectivity index (χ3n) is 3.34. The lowest BCUT2D eigenvalue weighted by Crippen LogP contribution is -2.14. The third-order valence-corrected chi connectivity index (χ3v) is 3.34. The molecule has 3 aromatic rings. The van der Waals surface area contributed by atoms with E-state index in [-0.39, 0.29) is 5.69 Å². The number of ether oxygens (including phenoxy) is 1. The number of anilines is 3. The molecule has 126 valence electrons. The molecular weight excluding hydrogens is 323 g/mol. The summed E-state index contributed by atoms with van der Waals surface area (Å²) in [5.41, 5.74) is 1.31. The highest BCUT2D eigenvalue weighted by Gasteiger charge is 2.10. The van der Waals surface area contributed by atoms with Gasteiger partial charge in [-0.3, -0.25) is 4.79 Å². The van der Waals surface area contributed by atoms with Crippen LogP contribution in [0.1, 0.15) is 10.5 Å². The smallest absolute Gasteiger partial charge is 0.274 e. The molecule has 0 bridgehead atoms. The van der Waals surface area contributed by atoms with E-state index in [4.69, 9.17) is 4.74 Å². The van der Waals surface area contributed by atoms with E-state index < -0.39 is 11.7 Å². The zero-order chi connectivity index (χ0) is 17.6. The molecule has 0 radical (unpaired) electrons. The van der Waals surface area contributed by atoms with Gasteiger partial charge in [0.05, 0.1) is 7.11 Å². The monoisotopic (exact) mass is 338 g/mol. The van der Waals surface area contributed by atoms with E-state index in [9.17, 15) is 9.18 Å². The van der Waals surface area contributed by atoms with Crippen molar-refractivity contribution in [2.24, 2.45) is 0 Å². The molecule has 0 unspecified atom stereocenters. The molecule has 1 amide bonds. The zero-order valence-electron chi connectivity index (χ0n) is 13.4. The average molecular weight is 338 g/mol. The van der Waals surface area contributed by atoms with Crippen molar-refractivity contribution in [2.75, 3.05) is 17.7 Å². The Morgan fingerprint density at radius 1 is 1.04 bits per heavy atom. The normalized spacial score (nSPS) is 10.2. The van der Waals surface area contributed by atoms with Crippen molar-refractivity contribution in [3.63, 3.8) is 0 Å². The molecule has 0 saturated heterocycles. The first-order valence-electron chi connectivity index (χ1n) is 7.44. The number of nitrogens with zero attached hydrogens (tertiary/aromatic N) is 2. The molecule has 2 aromatic carbocycles. The van der Waals surface area contributed by atoms with Gasteiger partial charge in [-0.25, -0.2) is 14.4 Å². The van der Waals surface area contributed by atoms with Gasteiger partial charge in [-0.1, -0.05) is 6.07 Å². The maximum atomic E-state index is 13.2. The summed E-state index contributed by atoms with van der Waals surface area (Å²) in [5.74, 6) is 0.320. The maximum Gasteiger partial charge on any atom is 0.274 e. The van der Waals surface area contributed by atoms with Crippen LogP contribution in [0.4, 0.5) is 21.6 Å². The fourth-order valence-corrected chi connectivity index (χ4v) is 2.13. The summed E-state index contributed by atoms with van der Waals surface area (Å²) in [6.07, 6.45) is 1.28. The number of carbonyl (C=O) groups excluding carboxylic acids is 1. The van der Waals surface area contributed by atoms with Gasteiger partial charge in [0.2, 0.25) is 0 Å². The molecule has 7 heteroatoms. The standard InChI is InChI=1S/C18H15FN4O2/c1-25-15-7-5-13(6-8-15)22-17-10-16(20-11-21-17)18(24)23-14-4-2-3-12(19)9-14/h2-11H,1H3,(H,23,24)(H,20,21,22). The second kappa shape index (κ2) is 7.39. The van der Waals surface area contributed by atoms with Gasteiger partial charge in [0.15, 0.2) is 0 Å². The Morgan fingerprint density at radius 2 is 1.84 bits per heavy atom. The second-order valence-corrected chi connectivity index (χ2v) is 5.11. The molecule has 6 nitrogen and oxygen atoms in total. The molecule has 0 aliphatic heterocycles. The van der Waals surface area contributed by atoms with Crippen molar-refractivity contribution in [2.45, 2.75) is 0 Å². The summed E-state index contributed by atoms with van der Waals surface area (Å²) >= 11 is 0. The molecule has 0 fully saturated rings. The number of hydrogen-bond donors (Lipinski definition) is 2. The van der Waals surface area contributed by atoms with Crippen LogP contribution < -0.4 is 15.4 Å². The fourth-order valence-electron chi connectivity index (χ4n) is 2.13. The molecule has 0 saturated carbocycles. The van der Waals surface area contributed by atoms with Gasteiger partial charge in [0.1, 0.15) is 29.4 Å². The van der Waals surface area contributed by atoms with Crippen LogP contribution in [0, 0.1) is 5.82 Å². The molecule has 0 spiro atoms. The summed E-state index contributed by atoms with van der Waals surface area (Å²) in [4.78, 5) is 20.3. The van der Waals surface area contributed by atoms with Crippen LogP contribution in [-0.2, 0) is 0 Å². The number of hydrogen-bond acceptors (Lipinski definition) is 5. The highest BCUT2D eigenvalue weighted by molar-refractivity contribution is 6.03. The van der Waals surface area contributed by atoms with Gasteiger partial charge in [0.25, 0.3) is 5.91 Å². The van der Waals surface area contributed by atoms with Crippen molar-refractivity contribution >= 4 is 23.1 Å². The number of methoxy groups -OCH3 is 1. The number of nitrogens with one attached hydrogen (secondary N) is 2. The molecule has 25 heavy (non-hydrogen) atoms. The maximum absolute atomic E-state index is 13.2. The largest absolute Gasteiger partial charge is 0.497 e. The SMILES string of the molecule is COc1ccc(Nc2cc(C(=O)Nc3cccc(F)c3)ncn2)cc1. The Hall–Kier alpha value is -3.48. The predicted molar refractivity (Wildman–Crippen MR) is 92.7 cm³/mol. The summed E-state index contributed by atoms with van der Waals surface area (Å²) in [5, 5.41) is 5.67. The van der Waals surface area contributed by atoms with E-state index in [1.807, 2.05) is 12.1 Å². The third kappa shape index (κ3) is 4.29. The summed E-state index contributed by atoms with van der Waals surface area (Å²) < 4.78 is 18.3. The first kappa shape index (κ1) is 16.4. The molecule has 0 atom stereocenters. The zero-order valence-corrected chi connectivity index (χ0v) is 13.4. The van der Waals surface area contributed by atoms with Crippen LogP contribution in [0.2, 0.25) is 0 Å². The molecular formula is C18H15FN4O2. The highest BCUT2D eigenvalue weighted by Crippen LogP contribution is 2.19. The van der Waals surface area contributed by atoms with E-state index in [2.05, 4.69) is 20.6 Å². The fraction of sp³-hybridized carbons (Fsp3) is 0.0556. The molecule has 2 N–H and O–H groups in total. The van der Waals surface area contributed by atoms with E-state index >= 15 is 0 Å². The highest BCUT2D eigenvalue weighted by atomic mass is 19.1. The molecule has 0 aliphatic carbocycles. The van der Waals surface area contributed by atoms with Crippen molar-refractivity contribution in [3.05, 3.63) is 72.4 Å². The first-order valence-corrected chi connectivity index (χ1v) is 7.44. The molecule has 3 rings (SSSR count). The van der Waals surface area contributed by atoms with Gasteiger partial charge >= 0.3 is 0 Å². The minimum atomic E-state index is -0.453. The van der Waals surface area contributed by atoms with Crippen molar-refractivity contribution in [1.82, 2.24) is 9.97 Å². The van der Waals surface area contributed by atoms with Crippen LogP contribution >= 0.6 is 0 Å². The minimum absolute atomic E-state index is 0.162. The van der Waals surface area contributed by atoms with Crippen LogP contribution in [-0.4, -0.2) is 23.0 Å². The number of amides is 1. The van der Waals surface area contributed by atoms with E-state index in [1.165, 1.54) is 30.6 Å². The molecule has 1 aromatic heterocycles. The van der Waals surface area contributed by atoms with Gasteiger partial charge in [-0.05, 0) is 42.5 Å². The van der Waals surface area contributed by atoms with Crippen molar-refractivity contribution < 1.29 is 13.9 Å². The van der Waals surface area contributed by atoms with E-state index in [0.29, 0.717) is 11.5 Å². The Kier molecular flexibility index (Phi) is 4.84. The van der Waals surface area contributed by atoms with Crippen LogP contribution in [0.5, 0.6) is 5.75 Å². The number of rotatable bonds is 5. The first-order chi connectivity index (χ1) is 12.1. The lowest BCUT2D eigenvalue weighted by Gasteiger charge is -2.08. The van der Waals surface area contributed by atoms with Crippen molar-refractivity contribution in [1.29, 1.82) is 0 Å². The Bertz CT molecular complexity index is 884. The van der Waals surface area contributed by atoms with Gasteiger partial charge < -0.3 is 15.4 Å².